The van der Waals surface area contributed by atoms with Crippen molar-refractivity contribution < 1.29 is 108 Å². The molecule has 5 aromatic heterocycles. The average molecular weight is 1330 g/mol. The molecule has 484 valence electrons. The van der Waals surface area contributed by atoms with E-state index in [4.69, 9.17) is 59.0 Å². The zero-order valence-corrected chi connectivity index (χ0v) is 51.0. The summed E-state index contributed by atoms with van der Waals surface area (Å²) in [5.41, 5.74) is 17.7. The van der Waals surface area contributed by atoms with Crippen molar-refractivity contribution in [1.29, 1.82) is 0 Å². The number of hydrogen-bond acceptors (Lipinski definition) is 28. The van der Waals surface area contributed by atoms with Gasteiger partial charge in [0.05, 0.1) is 51.3 Å². The number of nitrogen functional groups attached to an aromatic ring is 2. The summed E-state index contributed by atoms with van der Waals surface area (Å²) in [4.78, 5) is 109. The monoisotopic (exact) mass is 1330 g/mol. The van der Waals surface area contributed by atoms with Gasteiger partial charge in [-0.2, -0.15) is 13.6 Å². The Kier molecular flexibility index (Phi) is 18.9. The maximum Gasteiger partial charge on any atom is 0.490 e. The first-order chi connectivity index (χ1) is 42.0. The van der Waals surface area contributed by atoms with Crippen molar-refractivity contribution in [2.45, 2.75) is 93.7 Å². The van der Waals surface area contributed by atoms with Crippen LogP contribution in [0.5, 0.6) is 5.75 Å². The second-order valence-electron chi connectivity index (χ2n) is 20.7. The van der Waals surface area contributed by atoms with Crippen LogP contribution in [0.4, 0.5) is 17.7 Å². The topological polar surface area (TPSA) is 538 Å². The van der Waals surface area contributed by atoms with Gasteiger partial charge in [-0.3, -0.25) is 56.1 Å². The number of hydrogen-bond donors (Lipinski definition) is 11. The lowest BCUT2D eigenvalue weighted by Gasteiger charge is -2.26. The van der Waals surface area contributed by atoms with Crippen LogP contribution in [-0.2, 0) is 75.8 Å². The van der Waals surface area contributed by atoms with Crippen LogP contribution in [-0.4, -0.2) is 180 Å². The number of allylic oxidation sites excluding steroid dienone is 1. The molecule has 16 atom stereocenters. The number of carbonyl (C=O) groups is 1. The van der Waals surface area contributed by atoms with Gasteiger partial charge in [-0.15, -0.1) is 0 Å². The van der Waals surface area contributed by atoms with Crippen LogP contribution < -0.4 is 37.6 Å². The summed E-state index contributed by atoms with van der Waals surface area (Å²) in [6.45, 7) is -1.37. The minimum absolute atomic E-state index is 0.00450. The van der Waals surface area contributed by atoms with E-state index in [1.807, 2.05) is 6.92 Å². The van der Waals surface area contributed by atoms with E-state index < -0.39 is 148 Å². The van der Waals surface area contributed by atoms with Crippen LogP contribution in [0.3, 0.4) is 0 Å². The second-order valence-corrected chi connectivity index (χ2v) is 26.7. The molecule has 43 heteroatoms. The Balaban J connectivity index is 0.851. The summed E-state index contributed by atoms with van der Waals surface area (Å²) < 4.78 is 120. The highest BCUT2D eigenvalue weighted by Crippen LogP contribution is 2.68. The Hall–Kier alpha value is -6.51. The van der Waals surface area contributed by atoms with Gasteiger partial charge in [-0.1, -0.05) is 30.1 Å². The highest BCUT2D eigenvalue weighted by Gasteiger charge is 2.55. The smallest absolute Gasteiger partial charge is 0.483 e. The molecule has 4 aliphatic rings. The van der Waals surface area contributed by atoms with Crippen molar-refractivity contribution in [3.05, 3.63) is 81.3 Å². The van der Waals surface area contributed by atoms with Gasteiger partial charge in [0.15, 0.2) is 41.9 Å². The Morgan fingerprint density at radius 3 is 2.08 bits per heavy atom. The number of carbonyl (C=O) groups excluding carboxylic acids is 1. The molecule has 6 aromatic rings. The molecular weight excluding hydrogens is 1270 g/mol. The van der Waals surface area contributed by atoms with Crippen molar-refractivity contribution in [3.8, 4) is 5.75 Å². The number of nitrogens with one attached hydrogen (secondary N) is 2. The number of aromatic amines is 2. The number of para-hydroxylation sites is 1. The van der Waals surface area contributed by atoms with Gasteiger partial charge in [0, 0.05) is 46.2 Å². The lowest BCUT2D eigenvalue weighted by Crippen LogP contribution is -2.45. The number of methoxy groups -OCH3 is 1. The van der Waals surface area contributed by atoms with Gasteiger partial charge in [-0.05, 0) is 24.1 Å². The molecule has 0 spiro atoms. The van der Waals surface area contributed by atoms with E-state index in [2.05, 4.69) is 43.5 Å². The maximum absolute atomic E-state index is 14.2. The molecule has 39 nitrogen and oxygen atoms in total. The Morgan fingerprint density at radius 2 is 1.40 bits per heavy atom. The van der Waals surface area contributed by atoms with Crippen LogP contribution in [0.2, 0.25) is 0 Å². The van der Waals surface area contributed by atoms with Crippen molar-refractivity contribution in [3.63, 3.8) is 0 Å². The number of fused-ring (bicyclic) bond motifs is 3. The van der Waals surface area contributed by atoms with Crippen LogP contribution in [0.1, 0.15) is 50.6 Å². The average Bonchev–Trinajstić information content (AvgIpc) is 1.64. The number of phosphoric acid groups is 4. The van der Waals surface area contributed by atoms with Gasteiger partial charge in [-0.25, -0.2) is 37.8 Å². The van der Waals surface area contributed by atoms with E-state index in [-0.39, 0.29) is 57.2 Å². The Bertz CT molecular complexity index is 4030. The predicted octanol–water partition coefficient (Wildman–Crippen LogP) is -0.230. The van der Waals surface area contributed by atoms with E-state index in [0.717, 1.165) is 12.7 Å². The fraction of sp³-hybridized carbons (Fsp3) is 0.500. The third-order valence-corrected chi connectivity index (χ3v) is 19.9. The van der Waals surface area contributed by atoms with E-state index in [9.17, 15) is 62.4 Å². The van der Waals surface area contributed by atoms with Crippen molar-refractivity contribution in [2.75, 3.05) is 52.5 Å². The van der Waals surface area contributed by atoms with Gasteiger partial charge in [0.1, 0.15) is 48.1 Å². The largest absolute Gasteiger partial charge is 0.490 e. The summed E-state index contributed by atoms with van der Waals surface area (Å²) in [5, 5.41) is 23.3. The minimum Gasteiger partial charge on any atom is -0.483 e. The number of phosphoric ester groups is 3. The van der Waals surface area contributed by atoms with E-state index in [0.29, 0.717) is 12.8 Å². The van der Waals surface area contributed by atoms with Gasteiger partial charge >= 0.3 is 36.9 Å². The zero-order valence-electron chi connectivity index (χ0n) is 47.4. The summed E-state index contributed by atoms with van der Waals surface area (Å²) >= 11 is 0. The number of aliphatic hydroxyl groups is 2. The molecule has 1 amide bonds. The van der Waals surface area contributed by atoms with Gasteiger partial charge in [0.25, 0.3) is 17.1 Å². The molecule has 3 fully saturated rings. The molecule has 1 aromatic carbocycles. The van der Waals surface area contributed by atoms with Crippen molar-refractivity contribution in [2.24, 2.45) is 23.7 Å². The van der Waals surface area contributed by atoms with Crippen LogP contribution in [0.25, 0.3) is 28.0 Å². The summed E-state index contributed by atoms with van der Waals surface area (Å²) in [6.07, 6.45) is -11.5. The number of aromatic nitrogens is 10. The standard InChI is InChI=1S/C46H61N15O24P4/c1-6-21-12-13-50-37-29(28(21)47)51-18-59(37)44-36(75-5)34(83-86(67,68)76-16-25-33(64)35(79-22-10-8-7-9-11-22)43(81-25)60-19-52-30-38(60)53-45(48)55-40(30)65)26(82-44)17-78-88(71,72)85-89(73,74)84-87(69,70)77-15-24-23(14-27(62)57(2)3)32(63)42(80-24)61-20-58(4)31-39(61)54-46(49)56-41(31)66/h7-11,13,18-20,23-26,32-36,42-44,63-64H,6,12,14-17,47H2,1-5H3,(H9-,48,49,53,54,55,56,65,66,67,68,69,70,71,72,73,74)/p+1/t23-,24-,25-,26-,32-,33-,34-,35-,36-,42-,43-,44-/m1/s1. The maximum atomic E-state index is 14.2. The Morgan fingerprint density at radius 1 is 0.787 bits per heavy atom. The van der Waals surface area contributed by atoms with E-state index >= 15 is 0 Å². The molecule has 3 saturated heterocycles. The number of nitrogens with zero attached hydrogens (tertiary/aromatic N) is 10. The SMILES string of the molecule is CCC1=C(N)c2ncn([C@@H]3O[C@H](COP(=O)(O)OP(=O)(O)OP(=O)(O)OC[C@H]4O[C@@H]([n+]5cn(C)c6c(=O)[nH]c(N)nc65)[C@H](O)[C@@H]4CC(=O)N(C)C)[C@@H](OP(=O)(O)OC[C@H]4O[C@@H](n5cnc6c(=O)[nH]c(N)nc65)[C@H](Oc5ccccc5)[C@@H]4O)[C@H]3OC)c2N=CC1. The van der Waals surface area contributed by atoms with Gasteiger partial charge in [0.2, 0.25) is 23.6 Å². The van der Waals surface area contributed by atoms with Gasteiger partial charge < -0.3 is 75.6 Å². The molecule has 9 heterocycles. The first kappa shape index (κ1) is 65.4. The van der Waals surface area contributed by atoms with Crippen molar-refractivity contribution in [1.82, 2.24) is 48.5 Å². The number of aryl methyl sites for hydroxylation is 1. The highest BCUT2D eigenvalue weighted by molar-refractivity contribution is 7.66. The zero-order chi connectivity index (χ0) is 64.2. The molecule has 10 rings (SSSR count). The van der Waals surface area contributed by atoms with Crippen LogP contribution in [0.15, 0.2) is 69.5 Å². The molecule has 89 heavy (non-hydrogen) atoms. The number of imidazole rings is 3. The summed E-state index contributed by atoms with van der Waals surface area (Å²) in [6, 6.07) is 8.15. The third-order valence-electron chi connectivity index (χ3n) is 14.6. The van der Waals surface area contributed by atoms with Crippen LogP contribution >= 0.6 is 31.3 Å². The molecule has 0 saturated carbocycles. The number of benzene rings is 1. The number of rotatable bonds is 24. The predicted molar refractivity (Wildman–Crippen MR) is 301 cm³/mol. The molecule has 0 aliphatic carbocycles. The number of H-pyrrole nitrogens is 2. The summed E-state index contributed by atoms with van der Waals surface area (Å²) in [7, 11) is -18.2. The van der Waals surface area contributed by atoms with E-state index in [1.54, 1.807) is 36.5 Å². The Labute approximate surface area is 500 Å². The molecule has 4 unspecified atom stereocenters. The second kappa shape index (κ2) is 25.6. The molecule has 0 radical (unpaired) electrons. The minimum atomic E-state index is -6.25. The number of anilines is 2. The lowest BCUT2D eigenvalue weighted by molar-refractivity contribution is -0.745. The molecular formula is C46H62N15O24P4+. The fourth-order valence-corrected chi connectivity index (χ4v) is 14.9. The number of aliphatic hydroxyl groups excluding tert-OH is 2. The number of nitrogens with two attached hydrogens (primary N) is 3. The highest BCUT2D eigenvalue weighted by atomic mass is 31.3. The lowest BCUT2D eigenvalue weighted by atomic mass is 9.94. The fourth-order valence-electron chi connectivity index (χ4n) is 10.4. The van der Waals surface area contributed by atoms with Crippen LogP contribution in [0, 0.1) is 5.92 Å². The summed E-state index contributed by atoms with van der Waals surface area (Å²) in [5.74, 6) is -2.01. The number of amides is 1. The number of aliphatic imine (C=N–C) groups is 1. The number of ether oxygens (including phenoxy) is 5. The molecule has 4 aliphatic heterocycles. The quantitative estimate of drug-likeness (QED) is 0.0275. The van der Waals surface area contributed by atoms with E-state index in [1.165, 1.54) is 63.3 Å². The first-order valence-electron chi connectivity index (χ1n) is 26.7. The first-order valence-corrected chi connectivity index (χ1v) is 32.6. The normalized spacial score (nSPS) is 28.1. The third kappa shape index (κ3) is 13.9. The molecule has 14 N–H and O–H groups in total. The molecule has 0 bridgehead atoms. The van der Waals surface area contributed by atoms with Crippen molar-refractivity contribution >= 4 is 89.2 Å².